The zero-order valence-electron chi connectivity index (χ0n) is 9.77. The summed E-state index contributed by atoms with van der Waals surface area (Å²) in [5, 5.41) is 8.63. The molecule has 0 spiro atoms. The third-order valence-electron chi connectivity index (χ3n) is 2.92. The second kappa shape index (κ2) is 5.74. The first-order chi connectivity index (χ1) is 8.28. The van der Waals surface area contributed by atoms with Crippen LogP contribution in [0.5, 0.6) is 0 Å². The van der Waals surface area contributed by atoms with Gasteiger partial charge in [-0.1, -0.05) is 0 Å². The summed E-state index contributed by atoms with van der Waals surface area (Å²) in [6, 6.07) is 3.67. The first-order valence-corrected chi connectivity index (χ1v) is 5.96. The lowest BCUT2D eigenvalue weighted by Gasteiger charge is -2.20. The summed E-state index contributed by atoms with van der Waals surface area (Å²) in [5.74, 6) is 0.476. The lowest BCUT2D eigenvalue weighted by molar-refractivity contribution is 0.260. The molecule has 0 saturated heterocycles. The molecule has 1 aliphatic carbocycles. The zero-order chi connectivity index (χ0) is 12.1. The van der Waals surface area contributed by atoms with Crippen LogP contribution in [0.15, 0.2) is 18.5 Å². The van der Waals surface area contributed by atoms with Crippen LogP contribution < -0.4 is 0 Å². The second-order valence-electron chi connectivity index (χ2n) is 4.60. The Kier molecular flexibility index (Phi) is 4.05. The van der Waals surface area contributed by atoms with E-state index >= 15 is 0 Å². The summed E-state index contributed by atoms with van der Waals surface area (Å²) in [6.45, 7) is 2.45. The summed E-state index contributed by atoms with van der Waals surface area (Å²) in [7, 11) is 0. The van der Waals surface area contributed by atoms with Gasteiger partial charge in [0.15, 0.2) is 0 Å². The van der Waals surface area contributed by atoms with E-state index in [-0.39, 0.29) is 5.82 Å². The van der Waals surface area contributed by atoms with Crippen molar-refractivity contribution in [2.75, 3.05) is 13.1 Å². The van der Waals surface area contributed by atoms with Gasteiger partial charge in [-0.2, -0.15) is 5.26 Å². The van der Waals surface area contributed by atoms with Gasteiger partial charge < -0.3 is 0 Å². The summed E-state index contributed by atoms with van der Waals surface area (Å²) in [4.78, 5) is 6.07. The molecule has 0 aliphatic heterocycles. The van der Waals surface area contributed by atoms with Gasteiger partial charge in [-0.05, 0) is 30.4 Å². The first-order valence-electron chi connectivity index (χ1n) is 5.96. The Morgan fingerprint density at radius 1 is 1.47 bits per heavy atom. The van der Waals surface area contributed by atoms with Crippen molar-refractivity contribution in [2.45, 2.75) is 25.8 Å². The van der Waals surface area contributed by atoms with E-state index in [1.807, 2.05) is 0 Å². The maximum atomic E-state index is 13.0. The predicted octanol–water partition coefficient (Wildman–Crippen LogP) is 2.35. The third kappa shape index (κ3) is 4.12. The van der Waals surface area contributed by atoms with E-state index in [4.69, 9.17) is 5.26 Å². The van der Waals surface area contributed by atoms with E-state index < -0.39 is 0 Å². The van der Waals surface area contributed by atoms with E-state index in [0.29, 0.717) is 13.0 Å². The number of aromatic nitrogens is 1. The molecule has 3 nitrogen and oxygen atoms in total. The van der Waals surface area contributed by atoms with Gasteiger partial charge in [0, 0.05) is 32.3 Å². The standard InChI is InChI=1S/C13H16FN3/c14-13-6-12(7-16-8-13)10-17(5-1-4-15)9-11-2-3-11/h6-8,11H,1-3,5,9-10H2. The Morgan fingerprint density at radius 2 is 2.29 bits per heavy atom. The molecule has 0 unspecified atom stereocenters. The second-order valence-corrected chi connectivity index (χ2v) is 4.60. The normalized spacial score (nSPS) is 14.9. The molecule has 0 aromatic carbocycles. The molecule has 0 atom stereocenters. The molecule has 1 aromatic heterocycles. The summed E-state index contributed by atoms with van der Waals surface area (Å²) in [6.07, 6.45) is 5.99. The molecule has 4 heteroatoms. The molecule has 1 aromatic rings. The minimum Gasteiger partial charge on any atom is -0.298 e. The molecule has 1 fully saturated rings. The lowest BCUT2D eigenvalue weighted by Crippen LogP contribution is -2.26. The molecule has 0 N–H and O–H groups in total. The van der Waals surface area contributed by atoms with Crippen LogP contribution in [0.25, 0.3) is 0 Å². The minimum absolute atomic E-state index is 0.297. The van der Waals surface area contributed by atoms with Gasteiger partial charge in [0.05, 0.1) is 12.3 Å². The van der Waals surface area contributed by atoms with E-state index in [0.717, 1.165) is 24.6 Å². The lowest BCUT2D eigenvalue weighted by atomic mass is 10.2. The van der Waals surface area contributed by atoms with Gasteiger partial charge in [-0.25, -0.2) is 4.39 Å². The molecule has 1 saturated carbocycles. The molecule has 1 aliphatic rings. The third-order valence-corrected chi connectivity index (χ3v) is 2.92. The van der Waals surface area contributed by atoms with E-state index in [1.54, 1.807) is 6.20 Å². The van der Waals surface area contributed by atoms with Crippen LogP contribution in [0.4, 0.5) is 4.39 Å². The average Bonchev–Trinajstić information content (AvgIpc) is 3.10. The molecule has 90 valence electrons. The monoisotopic (exact) mass is 233 g/mol. The number of halogens is 1. The fourth-order valence-corrected chi connectivity index (χ4v) is 1.91. The molecule has 17 heavy (non-hydrogen) atoms. The Labute approximate surface area is 101 Å². The van der Waals surface area contributed by atoms with Crippen LogP contribution in [0.1, 0.15) is 24.8 Å². The highest BCUT2D eigenvalue weighted by molar-refractivity contribution is 5.10. The van der Waals surface area contributed by atoms with Gasteiger partial charge in [0.25, 0.3) is 0 Å². The van der Waals surface area contributed by atoms with Crippen LogP contribution in [-0.4, -0.2) is 23.0 Å². The van der Waals surface area contributed by atoms with Crippen molar-refractivity contribution in [2.24, 2.45) is 5.92 Å². The van der Waals surface area contributed by atoms with E-state index in [1.165, 1.54) is 25.1 Å². The highest BCUT2D eigenvalue weighted by Crippen LogP contribution is 2.30. The summed E-state index contributed by atoms with van der Waals surface area (Å²) < 4.78 is 13.0. The topological polar surface area (TPSA) is 39.9 Å². The van der Waals surface area contributed by atoms with Crippen LogP contribution >= 0.6 is 0 Å². The van der Waals surface area contributed by atoms with Crippen molar-refractivity contribution >= 4 is 0 Å². The largest absolute Gasteiger partial charge is 0.298 e. The number of nitrogens with zero attached hydrogens (tertiary/aromatic N) is 3. The summed E-state index contributed by atoms with van der Waals surface area (Å²) in [5.41, 5.74) is 0.878. The van der Waals surface area contributed by atoms with Gasteiger partial charge in [-0.15, -0.1) is 0 Å². The van der Waals surface area contributed by atoms with E-state index in [2.05, 4.69) is 16.0 Å². The first kappa shape index (κ1) is 12.0. The smallest absolute Gasteiger partial charge is 0.141 e. The number of hydrogen-bond donors (Lipinski definition) is 0. The molecule has 2 rings (SSSR count). The average molecular weight is 233 g/mol. The molecule has 0 bridgehead atoms. The molecule has 0 amide bonds. The quantitative estimate of drug-likeness (QED) is 0.757. The van der Waals surface area contributed by atoms with Crippen LogP contribution in [0, 0.1) is 23.1 Å². The van der Waals surface area contributed by atoms with E-state index in [9.17, 15) is 4.39 Å². The number of pyridine rings is 1. The number of nitriles is 1. The molecule has 1 heterocycles. The Morgan fingerprint density at radius 3 is 2.94 bits per heavy atom. The Hall–Kier alpha value is -1.47. The maximum absolute atomic E-state index is 13.0. The SMILES string of the molecule is N#CCCN(Cc1cncc(F)c1)CC1CC1. The van der Waals surface area contributed by atoms with Gasteiger partial charge in [0.2, 0.25) is 0 Å². The Bertz CT molecular complexity index is 409. The molecular weight excluding hydrogens is 217 g/mol. The minimum atomic E-state index is -0.297. The van der Waals surface area contributed by atoms with Crippen molar-refractivity contribution in [1.82, 2.24) is 9.88 Å². The van der Waals surface area contributed by atoms with Crippen molar-refractivity contribution in [3.8, 4) is 6.07 Å². The fourth-order valence-electron chi connectivity index (χ4n) is 1.91. The summed E-state index contributed by atoms with van der Waals surface area (Å²) >= 11 is 0. The van der Waals surface area contributed by atoms with Gasteiger partial charge in [-0.3, -0.25) is 9.88 Å². The van der Waals surface area contributed by atoms with Crippen molar-refractivity contribution < 1.29 is 4.39 Å². The van der Waals surface area contributed by atoms with Gasteiger partial charge in [0.1, 0.15) is 5.82 Å². The number of hydrogen-bond acceptors (Lipinski definition) is 3. The van der Waals surface area contributed by atoms with Crippen LogP contribution in [-0.2, 0) is 6.54 Å². The Balaban J connectivity index is 1.93. The van der Waals surface area contributed by atoms with Gasteiger partial charge >= 0.3 is 0 Å². The highest BCUT2D eigenvalue weighted by Gasteiger charge is 2.24. The van der Waals surface area contributed by atoms with Crippen molar-refractivity contribution in [3.63, 3.8) is 0 Å². The maximum Gasteiger partial charge on any atom is 0.141 e. The van der Waals surface area contributed by atoms with Crippen LogP contribution in [0.3, 0.4) is 0 Å². The highest BCUT2D eigenvalue weighted by atomic mass is 19.1. The van der Waals surface area contributed by atoms with Crippen LogP contribution in [0.2, 0.25) is 0 Å². The van der Waals surface area contributed by atoms with Crippen molar-refractivity contribution in [1.29, 1.82) is 5.26 Å². The molecular formula is C13H16FN3. The predicted molar refractivity (Wildman–Crippen MR) is 62.4 cm³/mol. The molecule has 0 radical (unpaired) electrons. The fraction of sp³-hybridized carbons (Fsp3) is 0.538. The van der Waals surface area contributed by atoms with Crippen molar-refractivity contribution in [3.05, 3.63) is 29.8 Å². The zero-order valence-corrected chi connectivity index (χ0v) is 9.77. The number of rotatable bonds is 6.